The van der Waals surface area contributed by atoms with Crippen molar-refractivity contribution < 1.29 is 14.3 Å². The zero-order valence-corrected chi connectivity index (χ0v) is 17.5. The Bertz CT molecular complexity index is 781. The molecule has 0 bridgehead atoms. The summed E-state index contributed by atoms with van der Waals surface area (Å²) in [5.74, 6) is -0.672. The first kappa shape index (κ1) is 22.6. The molecule has 0 saturated heterocycles. The van der Waals surface area contributed by atoms with Crippen LogP contribution in [0.25, 0.3) is 0 Å². The van der Waals surface area contributed by atoms with Gasteiger partial charge in [-0.05, 0) is 42.6 Å². The fourth-order valence-corrected chi connectivity index (χ4v) is 3.14. The van der Waals surface area contributed by atoms with E-state index in [0.717, 1.165) is 24.8 Å². The summed E-state index contributed by atoms with van der Waals surface area (Å²) in [6.45, 7) is 2.40. The molecule has 1 amide bonds. The molecule has 0 fully saturated rings. The molecule has 1 unspecified atom stereocenters. The highest BCUT2D eigenvalue weighted by Gasteiger charge is 2.13. The first-order valence-corrected chi connectivity index (χ1v) is 10.3. The van der Waals surface area contributed by atoms with Crippen LogP contribution in [0.1, 0.15) is 49.8 Å². The van der Waals surface area contributed by atoms with Gasteiger partial charge in [-0.25, -0.2) is 0 Å². The van der Waals surface area contributed by atoms with Crippen molar-refractivity contribution in [1.82, 2.24) is 10.6 Å². The number of carbonyl (C=O) groups excluding carboxylic acids is 2. The van der Waals surface area contributed by atoms with E-state index in [4.69, 9.17) is 17.0 Å². The molecule has 0 spiro atoms. The van der Waals surface area contributed by atoms with Gasteiger partial charge < -0.3 is 15.4 Å². The van der Waals surface area contributed by atoms with Crippen LogP contribution in [0.2, 0.25) is 0 Å². The molecule has 2 aromatic rings. The predicted octanol–water partition coefficient (Wildman–Crippen LogP) is 4.08. The van der Waals surface area contributed by atoms with Gasteiger partial charge in [0, 0.05) is 6.42 Å². The molecular weight excluding hydrogens is 384 g/mol. The number of thiocarbonyl (C=S) groups is 1. The van der Waals surface area contributed by atoms with Crippen molar-refractivity contribution >= 4 is 29.2 Å². The lowest BCUT2D eigenvalue weighted by Gasteiger charge is -2.19. The molecule has 0 aliphatic rings. The van der Waals surface area contributed by atoms with Gasteiger partial charge in [-0.15, -0.1) is 0 Å². The number of ether oxygens (including phenoxy) is 1. The van der Waals surface area contributed by atoms with Crippen LogP contribution in [0.3, 0.4) is 0 Å². The van der Waals surface area contributed by atoms with E-state index in [1.165, 1.54) is 5.56 Å². The van der Waals surface area contributed by atoms with Gasteiger partial charge in [-0.2, -0.15) is 0 Å². The van der Waals surface area contributed by atoms with Crippen LogP contribution in [0.4, 0.5) is 0 Å². The lowest BCUT2D eigenvalue weighted by Crippen LogP contribution is -2.41. The van der Waals surface area contributed by atoms with Crippen molar-refractivity contribution in [3.63, 3.8) is 0 Å². The summed E-state index contributed by atoms with van der Waals surface area (Å²) in [4.78, 5) is 23.8. The standard InChI is InChI=1S/C23H28N2O3S/c1-2-20(19-13-7-4-8-14-19)24-23(29)25-21(26)15-16-22(27)28-17-9-12-18-10-5-3-6-11-18/h3-8,10-11,13-14,20H,2,9,12,15-17H2,1H3,(H2,24,25,26,29). The minimum Gasteiger partial charge on any atom is -0.466 e. The molecule has 2 aromatic carbocycles. The second-order valence-electron chi connectivity index (χ2n) is 6.70. The number of benzene rings is 2. The van der Waals surface area contributed by atoms with E-state index in [1.807, 2.05) is 67.6 Å². The van der Waals surface area contributed by atoms with Crippen molar-refractivity contribution in [1.29, 1.82) is 0 Å². The largest absolute Gasteiger partial charge is 0.466 e. The molecule has 0 aliphatic carbocycles. The molecule has 0 aromatic heterocycles. The van der Waals surface area contributed by atoms with E-state index in [-0.39, 0.29) is 35.9 Å². The summed E-state index contributed by atoms with van der Waals surface area (Å²) >= 11 is 5.23. The molecule has 2 rings (SSSR count). The van der Waals surface area contributed by atoms with Crippen molar-refractivity contribution in [3.8, 4) is 0 Å². The van der Waals surface area contributed by atoms with Gasteiger partial charge in [-0.1, -0.05) is 67.6 Å². The minimum absolute atomic E-state index is 0.0265. The summed E-state index contributed by atoms with van der Waals surface area (Å²) in [5.41, 5.74) is 2.32. The average Bonchev–Trinajstić information content (AvgIpc) is 2.75. The van der Waals surface area contributed by atoms with Crippen LogP contribution in [-0.4, -0.2) is 23.6 Å². The summed E-state index contributed by atoms with van der Waals surface area (Å²) in [7, 11) is 0. The van der Waals surface area contributed by atoms with Crippen LogP contribution in [0, 0.1) is 0 Å². The zero-order chi connectivity index (χ0) is 20.9. The maximum Gasteiger partial charge on any atom is 0.306 e. The number of hydrogen-bond donors (Lipinski definition) is 2. The van der Waals surface area contributed by atoms with E-state index in [2.05, 4.69) is 10.6 Å². The van der Waals surface area contributed by atoms with Crippen molar-refractivity contribution in [2.45, 2.75) is 45.1 Å². The Morgan fingerprint density at radius 3 is 2.31 bits per heavy atom. The Kier molecular flexibility index (Phi) is 9.86. The second kappa shape index (κ2) is 12.7. The predicted molar refractivity (Wildman–Crippen MR) is 118 cm³/mol. The number of nitrogens with one attached hydrogen (secondary N) is 2. The third-order valence-corrected chi connectivity index (χ3v) is 4.66. The minimum atomic E-state index is -0.372. The SMILES string of the molecule is CCC(NC(=S)NC(=O)CCC(=O)OCCCc1ccccc1)c1ccccc1. The summed E-state index contributed by atoms with van der Waals surface area (Å²) < 4.78 is 5.19. The van der Waals surface area contributed by atoms with Gasteiger partial charge in [-0.3, -0.25) is 9.59 Å². The molecular formula is C23H28N2O3S. The van der Waals surface area contributed by atoms with Crippen LogP contribution in [0.15, 0.2) is 60.7 Å². The molecule has 29 heavy (non-hydrogen) atoms. The maximum absolute atomic E-state index is 12.0. The monoisotopic (exact) mass is 412 g/mol. The number of carbonyl (C=O) groups is 2. The van der Waals surface area contributed by atoms with Gasteiger partial charge in [0.15, 0.2) is 5.11 Å². The van der Waals surface area contributed by atoms with Crippen molar-refractivity contribution in [3.05, 3.63) is 71.8 Å². The normalized spacial score (nSPS) is 11.3. The molecule has 1 atom stereocenters. The van der Waals surface area contributed by atoms with Crippen molar-refractivity contribution in [2.75, 3.05) is 6.61 Å². The third-order valence-electron chi connectivity index (χ3n) is 4.44. The smallest absolute Gasteiger partial charge is 0.306 e. The highest BCUT2D eigenvalue weighted by Crippen LogP contribution is 2.15. The number of amides is 1. The van der Waals surface area contributed by atoms with E-state index < -0.39 is 0 Å². The fourth-order valence-electron chi connectivity index (χ4n) is 2.88. The average molecular weight is 413 g/mol. The summed E-state index contributed by atoms with van der Waals surface area (Å²) in [6.07, 6.45) is 2.52. The number of rotatable bonds is 10. The lowest BCUT2D eigenvalue weighted by molar-refractivity contribution is -0.145. The van der Waals surface area contributed by atoms with Crippen LogP contribution < -0.4 is 10.6 Å². The molecule has 0 aliphatic heterocycles. The number of hydrogen-bond acceptors (Lipinski definition) is 4. The van der Waals surface area contributed by atoms with E-state index in [1.54, 1.807) is 0 Å². The summed E-state index contributed by atoms with van der Waals surface area (Å²) in [5, 5.41) is 6.04. The lowest BCUT2D eigenvalue weighted by atomic mass is 10.1. The number of aryl methyl sites for hydroxylation is 1. The van der Waals surface area contributed by atoms with E-state index in [0.29, 0.717) is 6.61 Å². The molecule has 0 radical (unpaired) electrons. The molecule has 2 N–H and O–H groups in total. The fraction of sp³-hybridized carbons (Fsp3) is 0.348. The van der Waals surface area contributed by atoms with Gasteiger partial charge in [0.1, 0.15) is 0 Å². The summed E-state index contributed by atoms with van der Waals surface area (Å²) in [6, 6.07) is 20.0. The van der Waals surface area contributed by atoms with Crippen LogP contribution in [0.5, 0.6) is 0 Å². The molecule has 154 valence electrons. The molecule has 5 nitrogen and oxygen atoms in total. The number of esters is 1. The van der Waals surface area contributed by atoms with Gasteiger partial charge >= 0.3 is 5.97 Å². The Balaban J connectivity index is 1.61. The maximum atomic E-state index is 12.0. The molecule has 0 saturated carbocycles. The Morgan fingerprint density at radius 1 is 1.00 bits per heavy atom. The van der Waals surface area contributed by atoms with Crippen LogP contribution in [-0.2, 0) is 20.7 Å². The quantitative estimate of drug-likeness (QED) is 0.350. The first-order valence-electron chi connectivity index (χ1n) is 9.93. The Morgan fingerprint density at radius 2 is 1.66 bits per heavy atom. The third kappa shape index (κ3) is 8.87. The molecule has 6 heteroatoms. The Hall–Kier alpha value is -2.73. The highest BCUT2D eigenvalue weighted by atomic mass is 32.1. The van der Waals surface area contributed by atoms with Gasteiger partial charge in [0.25, 0.3) is 0 Å². The zero-order valence-electron chi connectivity index (χ0n) is 16.7. The van der Waals surface area contributed by atoms with E-state index in [9.17, 15) is 9.59 Å². The first-order chi connectivity index (χ1) is 14.1. The topological polar surface area (TPSA) is 67.4 Å². The van der Waals surface area contributed by atoms with Gasteiger partial charge in [0.05, 0.1) is 19.1 Å². The second-order valence-corrected chi connectivity index (χ2v) is 7.11. The highest BCUT2D eigenvalue weighted by molar-refractivity contribution is 7.80. The molecule has 0 heterocycles. The Labute approximate surface area is 177 Å². The van der Waals surface area contributed by atoms with Crippen molar-refractivity contribution in [2.24, 2.45) is 0 Å². The van der Waals surface area contributed by atoms with E-state index >= 15 is 0 Å². The van der Waals surface area contributed by atoms with Gasteiger partial charge in [0.2, 0.25) is 5.91 Å². The van der Waals surface area contributed by atoms with Crippen LogP contribution >= 0.6 is 12.2 Å².